The average Bonchev–Trinajstić information content (AvgIpc) is 2.52. The number of carbonyl (C=O) groups is 2. The Labute approximate surface area is 128 Å². The van der Waals surface area contributed by atoms with Crippen molar-refractivity contribution in [1.82, 2.24) is 10.2 Å². The average molecular weight is 312 g/mol. The maximum atomic E-state index is 12.5. The lowest BCUT2D eigenvalue weighted by Crippen LogP contribution is -2.50. The molecule has 1 aliphatic heterocycles. The van der Waals surface area contributed by atoms with Crippen molar-refractivity contribution in [2.75, 3.05) is 37.4 Å². The number of rotatable bonds is 5. The first kappa shape index (κ1) is 15.6. The highest BCUT2D eigenvalue weighted by Gasteiger charge is 2.23. The predicted molar refractivity (Wildman–Crippen MR) is 80.6 cm³/mol. The topological polar surface area (TPSA) is 81.7 Å². The molecule has 1 atom stereocenters. The van der Waals surface area contributed by atoms with E-state index < -0.39 is 6.10 Å². The maximum absolute atomic E-state index is 12.5. The number of piperazine rings is 1. The van der Waals surface area contributed by atoms with E-state index in [0.717, 1.165) is 0 Å². The molecule has 0 aliphatic carbocycles. The van der Waals surface area contributed by atoms with E-state index in [2.05, 4.69) is 10.6 Å². The number of anilines is 1. The van der Waals surface area contributed by atoms with Crippen LogP contribution in [0.3, 0.4) is 0 Å². The third-order valence-corrected chi connectivity index (χ3v) is 3.55. The molecule has 0 spiro atoms. The van der Waals surface area contributed by atoms with Crippen LogP contribution < -0.4 is 10.6 Å². The Balaban J connectivity index is 2.11. The highest BCUT2D eigenvalue weighted by Crippen LogP contribution is 2.18. The molecular weight excluding hydrogens is 294 g/mol. The van der Waals surface area contributed by atoms with Gasteiger partial charge in [-0.3, -0.25) is 9.59 Å². The molecule has 114 valence electrons. The molecule has 1 heterocycles. The standard InChI is InChI=1S/C14H18ClN3O3/c15-7-10(19)8-17-12-4-2-1-3-11(12)14(21)18-6-5-16-13(20)9-18/h1-4,10,17,19H,5-9H2,(H,16,20). The number of aliphatic hydroxyl groups is 1. The van der Waals surface area contributed by atoms with Crippen LogP contribution in [0.15, 0.2) is 24.3 Å². The number of nitrogens with one attached hydrogen (secondary N) is 2. The van der Waals surface area contributed by atoms with E-state index in [9.17, 15) is 14.7 Å². The minimum atomic E-state index is -0.685. The first-order valence-electron chi connectivity index (χ1n) is 6.74. The number of nitrogens with zero attached hydrogens (tertiary/aromatic N) is 1. The van der Waals surface area contributed by atoms with Crippen molar-refractivity contribution in [2.45, 2.75) is 6.10 Å². The van der Waals surface area contributed by atoms with Gasteiger partial charge in [0.2, 0.25) is 5.91 Å². The van der Waals surface area contributed by atoms with Crippen LogP contribution in [0.2, 0.25) is 0 Å². The molecule has 7 heteroatoms. The molecule has 21 heavy (non-hydrogen) atoms. The van der Waals surface area contributed by atoms with Gasteiger partial charge in [0.25, 0.3) is 5.91 Å². The van der Waals surface area contributed by atoms with Crippen molar-refractivity contribution in [3.05, 3.63) is 29.8 Å². The molecule has 3 N–H and O–H groups in total. The molecular formula is C14H18ClN3O3. The summed E-state index contributed by atoms with van der Waals surface area (Å²) in [6.07, 6.45) is -0.685. The zero-order valence-electron chi connectivity index (χ0n) is 11.5. The Hall–Kier alpha value is -1.79. The van der Waals surface area contributed by atoms with Gasteiger partial charge >= 0.3 is 0 Å². The fourth-order valence-electron chi connectivity index (χ4n) is 2.09. The van der Waals surface area contributed by atoms with Crippen LogP contribution in [0, 0.1) is 0 Å². The van der Waals surface area contributed by atoms with Crippen LogP contribution >= 0.6 is 11.6 Å². The van der Waals surface area contributed by atoms with E-state index in [1.807, 2.05) is 0 Å². The molecule has 2 rings (SSSR count). The number of hydrogen-bond acceptors (Lipinski definition) is 4. The zero-order chi connectivity index (χ0) is 15.2. The molecule has 6 nitrogen and oxygen atoms in total. The van der Waals surface area contributed by atoms with Gasteiger partial charge in [0.15, 0.2) is 0 Å². The smallest absolute Gasteiger partial charge is 0.256 e. The van der Waals surface area contributed by atoms with Crippen molar-refractivity contribution < 1.29 is 14.7 Å². The number of amides is 2. The number of carbonyl (C=O) groups excluding carboxylic acids is 2. The maximum Gasteiger partial charge on any atom is 0.256 e. The molecule has 2 amide bonds. The highest BCUT2D eigenvalue weighted by molar-refractivity contribution is 6.18. The van der Waals surface area contributed by atoms with Gasteiger partial charge in [0, 0.05) is 25.3 Å². The molecule has 0 bridgehead atoms. The number of hydrogen-bond donors (Lipinski definition) is 3. The Morgan fingerprint density at radius 2 is 2.24 bits per heavy atom. The molecule has 0 saturated carbocycles. The summed E-state index contributed by atoms with van der Waals surface area (Å²) >= 11 is 5.55. The van der Waals surface area contributed by atoms with E-state index in [1.54, 1.807) is 24.3 Å². The Morgan fingerprint density at radius 1 is 1.48 bits per heavy atom. The van der Waals surface area contributed by atoms with Gasteiger partial charge in [0.05, 0.1) is 24.1 Å². The third kappa shape index (κ3) is 4.09. The quantitative estimate of drug-likeness (QED) is 0.682. The van der Waals surface area contributed by atoms with Gasteiger partial charge in [-0.1, -0.05) is 12.1 Å². The normalized spacial score (nSPS) is 16.3. The fraction of sp³-hybridized carbons (Fsp3) is 0.429. The van der Waals surface area contributed by atoms with Crippen LogP contribution in [0.25, 0.3) is 0 Å². The monoisotopic (exact) mass is 311 g/mol. The number of aliphatic hydroxyl groups excluding tert-OH is 1. The molecule has 1 fully saturated rings. The summed E-state index contributed by atoms with van der Waals surface area (Å²) in [7, 11) is 0. The van der Waals surface area contributed by atoms with Crippen LogP contribution in [0.5, 0.6) is 0 Å². The van der Waals surface area contributed by atoms with Gasteiger partial charge in [0.1, 0.15) is 0 Å². The highest BCUT2D eigenvalue weighted by atomic mass is 35.5. The van der Waals surface area contributed by atoms with Gasteiger partial charge in [-0.2, -0.15) is 0 Å². The van der Waals surface area contributed by atoms with E-state index >= 15 is 0 Å². The molecule has 1 saturated heterocycles. The minimum Gasteiger partial charge on any atom is -0.390 e. The number of halogens is 1. The summed E-state index contributed by atoms with van der Waals surface area (Å²) < 4.78 is 0. The van der Waals surface area contributed by atoms with Crippen LogP contribution in [0.4, 0.5) is 5.69 Å². The fourth-order valence-corrected chi connectivity index (χ4v) is 2.20. The van der Waals surface area contributed by atoms with Gasteiger partial charge in [-0.15, -0.1) is 11.6 Å². The van der Waals surface area contributed by atoms with Crippen molar-refractivity contribution in [1.29, 1.82) is 0 Å². The summed E-state index contributed by atoms with van der Waals surface area (Å²) in [5.41, 5.74) is 1.10. The molecule has 1 aromatic rings. The van der Waals surface area contributed by atoms with Crippen molar-refractivity contribution in [2.24, 2.45) is 0 Å². The molecule has 1 unspecified atom stereocenters. The lowest BCUT2D eigenvalue weighted by atomic mass is 10.1. The molecule has 0 aromatic heterocycles. The minimum absolute atomic E-state index is 0.0669. The number of para-hydroxylation sites is 1. The first-order chi connectivity index (χ1) is 10.1. The number of benzene rings is 1. The Kier molecular flexibility index (Phi) is 5.41. The lowest BCUT2D eigenvalue weighted by Gasteiger charge is -2.27. The molecule has 1 aliphatic rings. The summed E-state index contributed by atoms with van der Waals surface area (Å²) in [6.45, 7) is 1.28. The predicted octanol–water partition coefficient (Wildman–Crippen LogP) is 0.270. The SMILES string of the molecule is O=C1CN(C(=O)c2ccccc2NCC(O)CCl)CCN1. The van der Waals surface area contributed by atoms with Gasteiger partial charge in [-0.05, 0) is 12.1 Å². The summed E-state index contributed by atoms with van der Waals surface area (Å²) in [4.78, 5) is 25.4. The second-order valence-corrected chi connectivity index (χ2v) is 5.12. The van der Waals surface area contributed by atoms with E-state index in [1.165, 1.54) is 4.90 Å². The van der Waals surface area contributed by atoms with Gasteiger partial charge < -0.3 is 20.6 Å². The second kappa shape index (κ2) is 7.28. The summed E-state index contributed by atoms with van der Waals surface area (Å²) in [6, 6.07) is 7.03. The Morgan fingerprint density at radius 3 is 2.95 bits per heavy atom. The van der Waals surface area contributed by atoms with Gasteiger partial charge in [-0.25, -0.2) is 0 Å². The van der Waals surface area contributed by atoms with E-state index in [-0.39, 0.29) is 30.8 Å². The van der Waals surface area contributed by atoms with Crippen molar-refractivity contribution in [3.8, 4) is 0 Å². The third-order valence-electron chi connectivity index (χ3n) is 3.19. The molecule has 1 aromatic carbocycles. The number of alkyl halides is 1. The van der Waals surface area contributed by atoms with Crippen LogP contribution in [-0.2, 0) is 4.79 Å². The zero-order valence-corrected chi connectivity index (χ0v) is 12.3. The lowest BCUT2D eigenvalue weighted by molar-refractivity contribution is -0.123. The summed E-state index contributed by atoms with van der Waals surface area (Å²) in [5.74, 6) is -0.235. The van der Waals surface area contributed by atoms with E-state index in [4.69, 9.17) is 11.6 Å². The van der Waals surface area contributed by atoms with Crippen molar-refractivity contribution in [3.63, 3.8) is 0 Å². The first-order valence-corrected chi connectivity index (χ1v) is 7.28. The van der Waals surface area contributed by atoms with E-state index in [0.29, 0.717) is 24.3 Å². The Bertz CT molecular complexity index is 524. The largest absolute Gasteiger partial charge is 0.390 e. The summed E-state index contributed by atoms with van der Waals surface area (Å²) in [5, 5.41) is 15.2. The van der Waals surface area contributed by atoms with Crippen LogP contribution in [-0.4, -0.2) is 60.0 Å². The van der Waals surface area contributed by atoms with Crippen molar-refractivity contribution >= 4 is 29.1 Å². The second-order valence-electron chi connectivity index (χ2n) is 4.81. The van der Waals surface area contributed by atoms with Crippen LogP contribution in [0.1, 0.15) is 10.4 Å². The molecule has 0 radical (unpaired) electrons.